The molecule has 0 aromatic heterocycles. The van der Waals surface area contributed by atoms with E-state index in [4.69, 9.17) is 5.26 Å². The highest BCUT2D eigenvalue weighted by Crippen LogP contribution is 2.21. The average molecular weight is 282 g/mol. The Bertz CT molecular complexity index is 719. The first-order valence-corrected chi connectivity index (χ1v) is 6.52. The van der Waals surface area contributed by atoms with Crippen molar-refractivity contribution < 1.29 is 9.18 Å². The van der Waals surface area contributed by atoms with Crippen molar-refractivity contribution in [2.24, 2.45) is 0 Å². The van der Waals surface area contributed by atoms with E-state index in [9.17, 15) is 9.18 Å². The molecule has 106 valence electrons. The number of rotatable bonds is 4. The number of carbonyl (C=O) groups excluding carboxylic acids is 1. The van der Waals surface area contributed by atoms with E-state index in [0.717, 1.165) is 5.56 Å². The Kier molecular flexibility index (Phi) is 4.34. The Labute approximate surface area is 123 Å². The predicted octanol–water partition coefficient (Wildman–Crippen LogP) is 3.54. The molecule has 0 aliphatic rings. The molecule has 0 N–H and O–H groups in total. The first-order chi connectivity index (χ1) is 10.0. The Hall–Kier alpha value is -2.67. The van der Waals surface area contributed by atoms with Crippen LogP contribution in [0.25, 0.3) is 0 Å². The molecule has 0 atom stereocenters. The number of anilines is 1. The zero-order chi connectivity index (χ0) is 15.4. The fourth-order valence-corrected chi connectivity index (χ4v) is 2.13. The van der Waals surface area contributed by atoms with Crippen LogP contribution in [-0.4, -0.2) is 12.8 Å². The summed E-state index contributed by atoms with van der Waals surface area (Å²) in [7, 11) is 1.77. The Balaban J connectivity index is 2.22. The van der Waals surface area contributed by atoms with E-state index in [1.54, 1.807) is 42.3 Å². The van der Waals surface area contributed by atoms with E-state index in [1.807, 2.05) is 6.07 Å². The van der Waals surface area contributed by atoms with Crippen LogP contribution >= 0.6 is 0 Å². The molecule has 0 aliphatic heterocycles. The van der Waals surface area contributed by atoms with Crippen molar-refractivity contribution in [3.05, 3.63) is 65.0 Å². The maximum atomic E-state index is 14.1. The summed E-state index contributed by atoms with van der Waals surface area (Å²) >= 11 is 0. The summed E-state index contributed by atoms with van der Waals surface area (Å²) < 4.78 is 14.1. The third-order valence-corrected chi connectivity index (χ3v) is 3.24. The minimum Gasteiger partial charge on any atom is -0.368 e. The molecule has 3 nitrogen and oxygen atoms in total. The second-order valence-electron chi connectivity index (χ2n) is 4.89. The minimum atomic E-state index is -0.429. The van der Waals surface area contributed by atoms with Crippen LogP contribution in [0.4, 0.5) is 10.1 Å². The summed E-state index contributed by atoms with van der Waals surface area (Å²) in [5, 5.41) is 8.88. The number of hydrogen-bond donors (Lipinski definition) is 0. The van der Waals surface area contributed by atoms with Crippen LogP contribution in [0.2, 0.25) is 0 Å². The van der Waals surface area contributed by atoms with Crippen LogP contribution in [0.1, 0.15) is 28.4 Å². The summed E-state index contributed by atoms with van der Waals surface area (Å²) in [5.41, 5.74) is 2.28. The van der Waals surface area contributed by atoms with E-state index in [-0.39, 0.29) is 5.78 Å². The van der Waals surface area contributed by atoms with E-state index >= 15 is 0 Å². The van der Waals surface area contributed by atoms with Gasteiger partial charge in [0.15, 0.2) is 5.78 Å². The van der Waals surface area contributed by atoms with Crippen molar-refractivity contribution in [1.82, 2.24) is 0 Å². The Morgan fingerprint density at radius 2 is 2.05 bits per heavy atom. The summed E-state index contributed by atoms with van der Waals surface area (Å²) in [6, 6.07) is 13.7. The molecule has 2 aromatic carbocycles. The summed E-state index contributed by atoms with van der Waals surface area (Å²) in [4.78, 5) is 13.0. The molecular weight excluding hydrogens is 267 g/mol. The Morgan fingerprint density at radius 1 is 1.29 bits per heavy atom. The largest absolute Gasteiger partial charge is 0.368 e. The molecule has 0 amide bonds. The molecule has 4 heteroatoms. The van der Waals surface area contributed by atoms with Crippen LogP contribution in [0, 0.1) is 17.1 Å². The van der Waals surface area contributed by atoms with Crippen molar-refractivity contribution in [2.75, 3.05) is 11.9 Å². The topological polar surface area (TPSA) is 44.1 Å². The number of benzene rings is 2. The van der Waals surface area contributed by atoms with Crippen molar-refractivity contribution in [2.45, 2.75) is 13.5 Å². The summed E-state index contributed by atoms with van der Waals surface area (Å²) in [5.74, 6) is -0.591. The van der Waals surface area contributed by atoms with Gasteiger partial charge < -0.3 is 4.90 Å². The fraction of sp³-hybridized carbons (Fsp3) is 0.176. The summed E-state index contributed by atoms with van der Waals surface area (Å²) in [6.45, 7) is 1.89. The smallest absolute Gasteiger partial charge is 0.159 e. The third-order valence-electron chi connectivity index (χ3n) is 3.24. The Morgan fingerprint density at radius 3 is 2.67 bits per heavy atom. The number of ketones is 1. The lowest BCUT2D eigenvalue weighted by Crippen LogP contribution is -2.18. The monoisotopic (exact) mass is 282 g/mol. The van der Waals surface area contributed by atoms with Crippen LogP contribution in [-0.2, 0) is 6.54 Å². The van der Waals surface area contributed by atoms with E-state index < -0.39 is 5.82 Å². The zero-order valence-electron chi connectivity index (χ0n) is 11.9. The molecule has 0 saturated carbocycles. The lowest BCUT2D eigenvalue weighted by atomic mass is 10.1. The first kappa shape index (κ1) is 14.7. The van der Waals surface area contributed by atoms with Gasteiger partial charge in [-0.15, -0.1) is 0 Å². The first-order valence-electron chi connectivity index (χ1n) is 6.52. The lowest BCUT2D eigenvalue weighted by molar-refractivity contribution is 0.101. The molecule has 0 unspecified atom stereocenters. The molecule has 0 aliphatic carbocycles. The van der Waals surface area contributed by atoms with E-state index in [0.29, 0.717) is 23.4 Å². The summed E-state index contributed by atoms with van der Waals surface area (Å²) in [6.07, 6.45) is 0. The minimum absolute atomic E-state index is 0.162. The van der Waals surface area contributed by atoms with Crippen molar-refractivity contribution >= 4 is 11.5 Å². The van der Waals surface area contributed by atoms with Gasteiger partial charge >= 0.3 is 0 Å². The number of Topliss-reactive ketones (excluding diaryl/α,β-unsaturated/α-hetero) is 1. The maximum Gasteiger partial charge on any atom is 0.159 e. The molecule has 2 aromatic rings. The molecule has 2 rings (SSSR count). The van der Waals surface area contributed by atoms with Gasteiger partial charge in [-0.3, -0.25) is 4.79 Å². The van der Waals surface area contributed by atoms with Gasteiger partial charge in [-0.25, -0.2) is 4.39 Å². The van der Waals surface area contributed by atoms with Gasteiger partial charge in [-0.2, -0.15) is 5.26 Å². The van der Waals surface area contributed by atoms with E-state index in [2.05, 4.69) is 6.07 Å². The second kappa shape index (κ2) is 6.19. The molecule has 0 heterocycles. The fourth-order valence-electron chi connectivity index (χ4n) is 2.13. The highest BCUT2D eigenvalue weighted by atomic mass is 19.1. The van der Waals surface area contributed by atoms with Crippen LogP contribution in [0.15, 0.2) is 42.5 Å². The van der Waals surface area contributed by atoms with E-state index in [1.165, 1.54) is 13.0 Å². The van der Waals surface area contributed by atoms with Gasteiger partial charge in [-0.05, 0) is 42.8 Å². The maximum absolute atomic E-state index is 14.1. The highest BCUT2D eigenvalue weighted by Gasteiger charge is 2.11. The SMILES string of the molecule is CC(=O)c1ccc(N(C)Cc2cccc(C#N)c2)c(F)c1. The molecule has 0 radical (unpaired) electrons. The van der Waals surface area contributed by atoms with Gasteiger partial charge in [-0.1, -0.05) is 12.1 Å². The van der Waals surface area contributed by atoms with Crippen LogP contribution < -0.4 is 4.90 Å². The zero-order valence-corrected chi connectivity index (χ0v) is 11.9. The number of halogens is 1. The number of carbonyl (C=O) groups is 1. The van der Waals surface area contributed by atoms with Gasteiger partial charge in [0.25, 0.3) is 0 Å². The van der Waals surface area contributed by atoms with Gasteiger partial charge in [0.05, 0.1) is 17.3 Å². The average Bonchev–Trinajstić information content (AvgIpc) is 2.47. The quantitative estimate of drug-likeness (QED) is 0.806. The molecule has 0 bridgehead atoms. The van der Waals surface area contributed by atoms with Crippen LogP contribution in [0.3, 0.4) is 0 Å². The second-order valence-corrected chi connectivity index (χ2v) is 4.89. The third kappa shape index (κ3) is 3.46. The predicted molar refractivity (Wildman–Crippen MR) is 79.7 cm³/mol. The molecular formula is C17H15FN2O. The van der Waals surface area contributed by atoms with Gasteiger partial charge in [0, 0.05) is 19.2 Å². The van der Waals surface area contributed by atoms with Crippen molar-refractivity contribution in [3.63, 3.8) is 0 Å². The lowest BCUT2D eigenvalue weighted by Gasteiger charge is -2.20. The molecule has 0 spiro atoms. The van der Waals surface area contributed by atoms with Crippen molar-refractivity contribution in [3.8, 4) is 6.07 Å². The standard InChI is InChI=1S/C17H15FN2O/c1-12(21)15-6-7-17(16(18)9-15)20(2)11-14-5-3-4-13(8-14)10-19/h3-9H,11H2,1-2H3. The van der Waals surface area contributed by atoms with Crippen LogP contribution in [0.5, 0.6) is 0 Å². The number of nitrogens with zero attached hydrogens (tertiary/aromatic N) is 2. The molecule has 0 saturated heterocycles. The normalized spacial score (nSPS) is 10.0. The number of hydrogen-bond acceptors (Lipinski definition) is 3. The van der Waals surface area contributed by atoms with Crippen molar-refractivity contribution in [1.29, 1.82) is 5.26 Å². The molecule has 0 fully saturated rings. The number of nitriles is 1. The molecule has 21 heavy (non-hydrogen) atoms. The highest BCUT2D eigenvalue weighted by molar-refractivity contribution is 5.94. The van der Waals surface area contributed by atoms with Gasteiger partial charge in [0.2, 0.25) is 0 Å². The van der Waals surface area contributed by atoms with Gasteiger partial charge in [0.1, 0.15) is 5.82 Å².